The number of carbonyl (C=O) groups is 2. The highest BCUT2D eigenvalue weighted by molar-refractivity contribution is 7.91. The molecule has 0 atom stereocenters. The Kier molecular flexibility index (Phi) is 5.51. The maximum Gasteiger partial charge on any atom is 0.325 e. The molecule has 0 spiro atoms. The van der Waals surface area contributed by atoms with Crippen LogP contribution in [0.5, 0.6) is 11.5 Å². The second-order valence-corrected chi connectivity index (χ2v) is 9.31. The second-order valence-electron chi connectivity index (χ2n) is 7.01. The molecule has 0 saturated carbocycles. The molecular weight excluding hydrogens is 422 g/mol. The van der Waals surface area contributed by atoms with Gasteiger partial charge in [-0.25, -0.2) is 23.0 Å². The molecular formula is C20H21N5O5S. The average Bonchev–Trinajstić information content (AvgIpc) is 3.16. The molecule has 3 amide bonds. The monoisotopic (exact) mass is 443 g/mol. The van der Waals surface area contributed by atoms with Crippen LogP contribution >= 0.6 is 0 Å². The first-order chi connectivity index (χ1) is 14.8. The smallest absolute Gasteiger partial charge is 0.325 e. The summed E-state index contributed by atoms with van der Waals surface area (Å²) in [6, 6.07) is 9.75. The number of hydrogen-bond acceptors (Lipinski definition) is 6. The number of fused-ring (bicyclic) bond motifs is 1. The number of rotatable bonds is 3. The van der Waals surface area contributed by atoms with Crippen molar-refractivity contribution in [1.29, 1.82) is 0 Å². The summed E-state index contributed by atoms with van der Waals surface area (Å²) >= 11 is 0. The van der Waals surface area contributed by atoms with E-state index in [9.17, 15) is 18.0 Å². The van der Waals surface area contributed by atoms with Gasteiger partial charge < -0.3 is 15.0 Å². The van der Waals surface area contributed by atoms with Crippen LogP contribution in [-0.4, -0.2) is 66.6 Å². The zero-order valence-corrected chi connectivity index (χ0v) is 17.6. The van der Waals surface area contributed by atoms with E-state index in [0.717, 1.165) is 10.9 Å². The molecule has 1 aliphatic heterocycles. The van der Waals surface area contributed by atoms with E-state index in [4.69, 9.17) is 4.74 Å². The van der Waals surface area contributed by atoms with Gasteiger partial charge in [0.2, 0.25) is 0 Å². The van der Waals surface area contributed by atoms with Gasteiger partial charge in [-0.3, -0.25) is 9.88 Å². The minimum absolute atomic E-state index is 0.0406. The molecule has 2 aromatic heterocycles. The topological polar surface area (TPSA) is 123 Å². The van der Waals surface area contributed by atoms with Gasteiger partial charge in [0.05, 0.1) is 17.0 Å². The normalized spacial score (nSPS) is 15.5. The molecule has 0 unspecified atom stereocenters. The molecule has 0 aliphatic carbocycles. The molecule has 2 N–H and O–H groups in total. The van der Waals surface area contributed by atoms with E-state index in [1.807, 2.05) is 12.1 Å². The maximum absolute atomic E-state index is 12.4. The first-order valence-corrected chi connectivity index (χ1v) is 11.4. The van der Waals surface area contributed by atoms with Crippen LogP contribution in [0.1, 0.15) is 0 Å². The molecule has 0 bridgehead atoms. The molecule has 11 heteroatoms. The molecule has 1 aromatic carbocycles. The average molecular weight is 443 g/mol. The molecule has 0 radical (unpaired) electrons. The number of urea groups is 1. The lowest BCUT2D eigenvalue weighted by atomic mass is 10.2. The van der Waals surface area contributed by atoms with E-state index >= 15 is 0 Å². The van der Waals surface area contributed by atoms with Crippen LogP contribution in [0.25, 0.3) is 10.9 Å². The Hall–Kier alpha value is -3.60. The molecule has 31 heavy (non-hydrogen) atoms. The van der Waals surface area contributed by atoms with Gasteiger partial charge in [0, 0.05) is 44.0 Å². The predicted molar refractivity (Wildman–Crippen MR) is 115 cm³/mol. The molecule has 162 valence electrons. The van der Waals surface area contributed by atoms with Crippen molar-refractivity contribution in [1.82, 2.24) is 19.8 Å². The number of pyridine rings is 1. The number of hydrogen-bond donors (Lipinski definition) is 2. The largest absolute Gasteiger partial charge is 0.457 e. The van der Waals surface area contributed by atoms with E-state index < -0.39 is 15.9 Å². The summed E-state index contributed by atoms with van der Waals surface area (Å²) in [5.41, 5.74) is 0.748. The number of nitrogens with one attached hydrogen (secondary N) is 2. The van der Waals surface area contributed by atoms with Gasteiger partial charge in [0.15, 0.2) is 9.84 Å². The molecule has 4 rings (SSSR count). The van der Waals surface area contributed by atoms with Crippen molar-refractivity contribution in [3.05, 3.63) is 48.8 Å². The van der Waals surface area contributed by atoms with Crippen LogP contribution in [0.15, 0.2) is 48.8 Å². The van der Waals surface area contributed by atoms with E-state index in [2.05, 4.69) is 15.6 Å². The van der Waals surface area contributed by atoms with Crippen molar-refractivity contribution in [2.45, 2.75) is 0 Å². The maximum atomic E-state index is 12.4. The van der Waals surface area contributed by atoms with Crippen LogP contribution in [0.3, 0.4) is 0 Å². The summed E-state index contributed by atoms with van der Waals surface area (Å²) in [5.74, 6) is 1.24. The Bertz CT molecular complexity index is 1240. The lowest BCUT2D eigenvalue weighted by Gasteiger charge is -2.26. The minimum atomic E-state index is -3.06. The first kappa shape index (κ1) is 20.7. The van der Waals surface area contributed by atoms with E-state index in [0.29, 0.717) is 17.3 Å². The Morgan fingerprint density at radius 2 is 1.77 bits per heavy atom. The molecule has 10 nitrogen and oxygen atoms in total. The number of aromatic nitrogens is 2. The first-order valence-electron chi connectivity index (χ1n) is 9.58. The SMILES string of the molecule is CNC(=O)n1ccc2cc(Oc3ccnc(NC(=O)N4CCS(=O)(=O)CC4)c3)ccc21. The van der Waals surface area contributed by atoms with E-state index in [1.54, 1.807) is 37.5 Å². The predicted octanol–water partition coefficient (Wildman–Crippen LogP) is 2.28. The van der Waals surface area contributed by atoms with Gasteiger partial charge in [-0.2, -0.15) is 0 Å². The fourth-order valence-electron chi connectivity index (χ4n) is 3.26. The third-order valence-electron chi connectivity index (χ3n) is 4.93. The third-order valence-corrected chi connectivity index (χ3v) is 6.54. The van der Waals surface area contributed by atoms with Crippen LogP contribution in [0.2, 0.25) is 0 Å². The fourth-order valence-corrected chi connectivity index (χ4v) is 4.47. The van der Waals surface area contributed by atoms with Crippen LogP contribution in [0.4, 0.5) is 15.4 Å². The number of carbonyl (C=O) groups excluding carboxylic acids is 2. The van der Waals surface area contributed by atoms with E-state index in [1.165, 1.54) is 15.7 Å². The van der Waals surface area contributed by atoms with Gasteiger partial charge in [0.1, 0.15) is 17.3 Å². The summed E-state index contributed by atoms with van der Waals surface area (Å²) in [6.45, 7) is 0.306. The van der Waals surface area contributed by atoms with Crippen molar-refractivity contribution in [2.75, 3.05) is 37.0 Å². The van der Waals surface area contributed by atoms with Crippen LogP contribution in [-0.2, 0) is 9.84 Å². The van der Waals surface area contributed by atoms with Gasteiger partial charge >= 0.3 is 12.1 Å². The standard InChI is InChI=1S/C20H21N5O5S/c1-21-19(26)25-7-5-14-12-15(2-3-17(14)25)30-16-4-6-22-18(13-16)23-20(27)24-8-10-31(28,29)11-9-24/h2-7,12-13H,8-11H2,1H3,(H,21,26)(H,22,23,27). The zero-order chi connectivity index (χ0) is 22.0. The van der Waals surface area contributed by atoms with Crippen molar-refractivity contribution in [3.8, 4) is 11.5 Å². The van der Waals surface area contributed by atoms with Gasteiger partial charge in [-0.1, -0.05) is 0 Å². The summed E-state index contributed by atoms with van der Waals surface area (Å²) in [4.78, 5) is 29.8. The fraction of sp³-hybridized carbons (Fsp3) is 0.250. The zero-order valence-electron chi connectivity index (χ0n) is 16.7. The quantitative estimate of drug-likeness (QED) is 0.640. The highest BCUT2D eigenvalue weighted by Gasteiger charge is 2.25. The van der Waals surface area contributed by atoms with E-state index in [-0.39, 0.29) is 30.6 Å². The highest BCUT2D eigenvalue weighted by atomic mass is 32.2. The van der Waals surface area contributed by atoms with Crippen molar-refractivity contribution in [2.24, 2.45) is 0 Å². The van der Waals surface area contributed by atoms with Crippen LogP contribution < -0.4 is 15.4 Å². The number of sulfone groups is 1. The number of nitrogens with zero attached hydrogens (tertiary/aromatic N) is 3. The molecule has 3 heterocycles. The summed E-state index contributed by atoms with van der Waals surface area (Å²) in [6.07, 6.45) is 3.19. The number of anilines is 1. The molecule has 1 saturated heterocycles. The lowest BCUT2D eigenvalue weighted by molar-refractivity contribution is 0.216. The molecule has 1 aliphatic rings. The Balaban J connectivity index is 1.45. The summed E-state index contributed by atoms with van der Waals surface area (Å²) in [5, 5.41) is 6.09. The van der Waals surface area contributed by atoms with Crippen molar-refractivity contribution in [3.63, 3.8) is 0 Å². The Morgan fingerprint density at radius 3 is 2.52 bits per heavy atom. The molecule has 3 aromatic rings. The van der Waals surface area contributed by atoms with Crippen molar-refractivity contribution < 1.29 is 22.7 Å². The second kappa shape index (κ2) is 8.26. The Labute approximate surface area is 178 Å². The minimum Gasteiger partial charge on any atom is -0.457 e. The molecule has 1 fully saturated rings. The van der Waals surface area contributed by atoms with Gasteiger partial charge in [-0.15, -0.1) is 0 Å². The number of ether oxygens (including phenoxy) is 1. The van der Waals surface area contributed by atoms with Crippen LogP contribution in [0, 0.1) is 0 Å². The Morgan fingerprint density at radius 1 is 1.03 bits per heavy atom. The third kappa shape index (κ3) is 4.61. The summed E-state index contributed by atoms with van der Waals surface area (Å²) in [7, 11) is -1.50. The van der Waals surface area contributed by atoms with Crippen molar-refractivity contribution >= 4 is 38.6 Å². The number of benzene rings is 1. The van der Waals surface area contributed by atoms with Gasteiger partial charge in [-0.05, 0) is 30.3 Å². The summed E-state index contributed by atoms with van der Waals surface area (Å²) < 4.78 is 30.4. The highest BCUT2D eigenvalue weighted by Crippen LogP contribution is 2.27. The lowest BCUT2D eigenvalue weighted by Crippen LogP contribution is -2.45. The van der Waals surface area contributed by atoms with Gasteiger partial charge in [0.25, 0.3) is 0 Å². The number of amides is 3.